The summed E-state index contributed by atoms with van der Waals surface area (Å²) >= 11 is 0. The second kappa shape index (κ2) is 5.52. The average Bonchev–Trinajstić information content (AvgIpc) is 2.72. The number of hydrogen-bond acceptors (Lipinski definition) is 5. The van der Waals surface area contributed by atoms with E-state index in [2.05, 4.69) is 20.4 Å². The lowest BCUT2D eigenvalue weighted by Gasteiger charge is -2.11. The first-order chi connectivity index (χ1) is 9.06. The number of aliphatic hydroxyl groups excluding tert-OH is 1. The number of fused-ring (bicyclic) bond motifs is 1. The van der Waals surface area contributed by atoms with Gasteiger partial charge in [-0.25, -0.2) is 9.97 Å². The molecule has 6 heteroatoms. The normalized spacial score (nSPS) is 12.9. The fraction of sp³-hybridized carbons (Fsp3) is 0.615. The molecule has 0 radical (unpaired) electrons. The highest BCUT2D eigenvalue weighted by molar-refractivity contribution is 5.87. The molecule has 0 fully saturated rings. The molecule has 2 aromatic heterocycles. The van der Waals surface area contributed by atoms with Crippen molar-refractivity contribution in [2.45, 2.75) is 46.8 Å². The summed E-state index contributed by atoms with van der Waals surface area (Å²) < 4.78 is 1.90. The second-order valence-electron chi connectivity index (χ2n) is 4.67. The minimum atomic E-state index is -0.422. The summed E-state index contributed by atoms with van der Waals surface area (Å²) in [6.45, 7) is 9.00. The molecule has 2 aromatic rings. The monoisotopic (exact) mass is 263 g/mol. The van der Waals surface area contributed by atoms with Gasteiger partial charge in [0.1, 0.15) is 16.9 Å². The number of aliphatic hydroxyl groups is 1. The third kappa shape index (κ3) is 2.68. The first-order valence-electron chi connectivity index (χ1n) is 6.72. The van der Waals surface area contributed by atoms with Crippen LogP contribution in [-0.4, -0.2) is 37.5 Å². The van der Waals surface area contributed by atoms with Crippen molar-refractivity contribution in [1.82, 2.24) is 19.7 Å². The van der Waals surface area contributed by atoms with E-state index >= 15 is 0 Å². The van der Waals surface area contributed by atoms with Crippen molar-refractivity contribution in [3.8, 4) is 0 Å². The van der Waals surface area contributed by atoms with E-state index in [4.69, 9.17) is 0 Å². The van der Waals surface area contributed by atoms with Crippen LogP contribution in [0.5, 0.6) is 0 Å². The van der Waals surface area contributed by atoms with Crippen LogP contribution in [0.1, 0.15) is 32.3 Å². The van der Waals surface area contributed by atoms with E-state index in [1.807, 2.05) is 25.5 Å². The van der Waals surface area contributed by atoms with E-state index < -0.39 is 6.10 Å². The highest BCUT2D eigenvalue weighted by Crippen LogP contribution is 2.23. The van der Waals surface area contributed by atoms with Crippen molar-refractivity contribution in [1.29, 1.82) is 0 Å². The van der Waals surface area contributed by atoms with Gasteiger partial charge < -0.3 is 10.4 Å². The van der Waals surface area contributed by atoms with Crippen LogP contribution >= 0.6 is 0 Å². The molecule has 1 atom stereocenters. The summed E-state index contributed by atoms with van der Waals surface area (Å²) in [7, 11) is 0. The Bertz CT molecular complexity index is 576. The zero-order valence-corrected chi connectivity index (χ0v) is 11.9. The van der Waals surface area contributed by atoms with Crippen molar-refractivity contribution in [3.63, 3.8) is 0 Å². The van der Waals surface area contributed by atoms with Crippen LogP contribution in [0, 0.1) is 6.92 Å². The number of hydrogen-bond donors (Lipinski definition) is 2. The van der Waals surface area contributed by atoms with Crippen LogP contribution in [0.3, 0.4) is 0 Å². The van der Waals surface area contributed by atoms with Gasteiger partial charge in [-0.15, -0.1) is 0 Å². The van der Waals surface area contributed by atoms with Crippen molar-refractivity contribution >= 4 is 16.9 Å². The topological polar surface area (TPSA) is 75.9 Å². The summed E-state index contributed by atoms with van der Waals surface area (Å²) in [5.41, 5.74) is 2.72. The zero-order chi connectivity index (χ0) is 14.0. The Morgan fingerprint density at radius 2 is 2.05 bits per heavy atom. The van der Waals surface area contributed by atoms with Crippen LogP contribution in [0.2, 0.25) is 0 Å². The molecule has 6 nitrogen and oxygen atoms in total. The molecule has 104 valence electrons. The van der Waals surface area contributed by atoms with Gasteiger partial charge in [0.15, 0.2) is 5.82 Å². The Morgan fingerprint density at radius 3 is 2.63 bits per heavy atom. The molecule has 0 spiro atoms. The van der Waals surface area contributed by atoms with E-state index in [1.165, 1.54) is 0 Å². The Morgan fingerprint density at radius 1 is 1.32 bits per heavy atom. The fourth-order valence-electron chi connectivity index (χ4n) is 2.03. The molecule has 0 aromatic carbocycles. The van der Waals surface area contributed by atoms with Crippen LogP contribution in [-0.2, 0) is 13.0 Å². The van der Waals surface area contributed by atoms with Crippen LogP contribution in [0.25, 0.3) is 11.0 Å². The molecule has 0 saturated carbocycles. The molecule has 0 saturated heterocycles. The van der Waals surface area contributed by atoms with Crippen molar-refractivity contribution in [2.24, 2.45) is 0 Å². The molecule has 2 rings (SSSR count). The fourth-order valence-corrected chi connectivity index (χ4v) is 2.03. The summed E-state index contributed by atoms with van der Waals surface area (Å²) in [4.78, 5) is 9.07. The number of nitrogens with one attached hydrogen (secondary N) is 1. The minimum absolute atomic E-state index is 0.422. The van der Waals surface area contributed by atoms with Gasteiger partial charge in [-0.3, -0.25) is 4.68 Å². The number of aryl methyl sites for hydroxylation is 3. The molecule has 0 aliphatic rings. The molecule has 2 N–H and O–H groups in total. The average molecular weight is 263 g/mol. The molecule has 0 aliphatic carbocycles. The summed E-state index contributed by atoms with van der Waals surface area (Å²) in [5.74, 6) is 1.55. The standard InChI is InChI=1S/C13H21N5O/c1-5-10-15-11-9(4)17-18(6-2)12(11)13(16-10)14-7-8(3)19/h8,19H,5-7H2,1-4H3,(H,14,15,16)/t8-/m1/s1. The van der Waals surface area contributed by atoms with Gasteiger partial charge in [0.2, 0.25) is 0 Å². The quantitative estimate of drug-likeness (QED) is 0.855. The third-order valence-electron chi connectivity index (χ3n) is 2.98. The van der Waals surface area contributed by atoms with Gasteiger partial charge >= 0.3 is 0 Å². The smallest absolute Gasteiger partial charge is 0.156 e. The highest BCUT2D eigenvalue weighted by Gasteiger charge is 2.15. The maximum Gasteiger partial charge on any atom is 0.156 e. The van der Waals surface area contributed by atoms with E-state index in [0.717, 1.165) is 41.3 Å². The Balaban J connectivity index is 2.57. The van der Waals surface area contributed by atoms with Gasteiger partial charge in [0.25, 0.3) is 0 Å². The molecule has 0 bridgehead atoms. The Labute approximate surface area is 112 Å². The van der Waals surface area contributed by atoms with Gasteiger partial charge in [-0.05, 0) is 20.8 Å². The van der Waals surface area contributed by atoms with Crippen LogP contribution < -0.4 is 5.32 Å². The molecule has 19 heavy (non-hydrogen) atoms. The van der Waals surface area contributed by atoms with Crippen molar-refractivity contribution < 1.29 is 5.11 Å². The van der Waals surface area contributed by atoms with Gasteiger partial charge in [0, 0.05) is 19.5 Å². The lowest BCUT2D eigenvalue weighted by atomic mass is 10.3. The summed E-state index contributed by atoms with van der Waals surface area (Å²) in [6, 6.07) is 0. The number of anilines is 1. The van der Waals surface area contributed by atoms with Crippen molar-refractivity contribution in [2.75, 3.05) is 11.9 Å². The lowest BCUT2D eigenvalue weighted by Crippen LogP contribution is -2.17. The highest BCUT2D eigenvalue weighted by atomic mass is 16.3. The summed E-state index contributed by atoms with van der Waals surface area (Å²) in [5, 5.41) is 17.1. The first-order valence-corrected chi connectivity index (χ1v) is 6.72. The van der Waals surface area contributed by atoms with Crippen molar-refractivity contribution in [3.05, 3.63) is 11.5 Å². The number of nitrogens with zero attached hydrogens (tertiary/aromatic N) is 4. The van der Waals surface area contributed by atoms with Gasteiger partial charge in [-0.2, -0.15) is 5.10 Å². The largest absolute Gasteiger partial charge is 0.392 e. The molecule has 0 aliphatic heterocycles. The maximum atomic E-state index is 9.42. The Hall–Kier alpha value is -1.69. The molecule has 0 unspecified atom stereocenters. The maximum absolute atomic E-state index is 9.42. The minimum Gasteiger partial charge on any atom is -0.392 e. The van der Waals surface area contributed by atoms with Crippen LogP contribution in [0.15, 0.2) is 0 Å². The summed E-state index contributed by atoms with van der Waals surface area (Å²) in [6.07, 6.45) is 0.352. The molecule has 0 amide bonds. The van der Waals surface area contributed by atoms with E-state index in [-0.39, 0.29) is 0 Å². The number of aromatic nitrogens is 4. The first kappa shape index (κ1) is 13.7. The van der Waals surface area contributed by atoms with E-state index in [9.17, 15) is 5.11 Å². The van der Waals surface area contributed by atoms with Crippen LogP contribution in [0.4, 0.5) is 5.82 Å². The zero-order valence-electron chi connectivity index (χ0n) is 11.9. The predicted molar refractivity (Wildman–Crippen MR) is 75.3 cm³/mol. The van der Waals surface area contributed by atoms with E-state index in [1.54, 1.807) is 6.92 Å². The SMILES string of the molecule is CCc1nc(NC[C@@H](C)O)c2c(n1)c(C)nn2CC. The predicted octanol–water partition coefficient (Wildman–Crippen LogP) is 1.51. The second-order valence-corrected chi connectivity index (χ2v) is 4.67. The molecular formula is C13H21N5O. The van der Waals surface area contributed by atoms with Gasteiger partial charge in [-0.1, -0.05) is 6.92 Å². The van der Waals surface area contributed by atoms with E-state index in [0.29, 0.717) is 6.54 Å². The van der Waals surface area contributed by atoms with Gasteiger partial charge in [0.05, 0.1) is 11.8 Å². The Kier molecular flexibility index (Phi) is 3.99. The molecular weight excluding hydrogens is 242 g/mol. The number of rotatable bonds is 5. The lowest BCUT2D eigenvalue weighted by molar-refractivity contribution is 0.208. The third-order valence-corrected chi connectivity index (χ3v) is 2.98. The molecule has 2 heterocycles.